The average molecular weight is 320 g/mol. The van der Waals surface area contributed by atoms with Gasteiger partial charge in [-0.05, 0) is 19.3 Å². The fourth-order valence-electron chi connectivity index (χ4n) is 2.72. The molecule has 0 aromatic heterocycles. The van der Waals surface area contributed by atoms with Gasteiger partial charge in [0.05, 0.1) is 11.5 Å². The minimum atomic E-state index is -3.17. The number of amides is 2. The first-order valence-corrected chi connectivity index (χ1v) is 8.99. The third-order valence-electron chi connectivity index (χ3n) is 3.99. The molecule has 2 amide bonds. The molecule has 1 fully saturated rings. The number of nitrogens with zero attached hydrogens (tertiary/aromatic N) is 2. The minimum Gasteiger partial charge on any atom is -0.480 e. The zero-order valence-corrected chi connectivity index (χ0v) is 13.6. The van der Waals surface area contributed by atoms with E-state index in [1.165, 1.54) is 9.80 Å². The number of sulfone groups is 1. The first-order chi connectivity index (χ1) is 9.71. The number of carboxylic acid groups (broad SMARTS) is 1. The predicted molar refractivity (Wildman–Crippen MR) is 78.9 cm³/mol. The molecule has 0 saturated carbocycles. The third-order valence-corrected chi connectivity index (χ3v) is 5.74. The van der Waals surface area contributed by atoms with E-state index in [2.05, 4.69) is 0 Å². The van der Waals surface area contributed by atoms with E-state index in [0.29, 0.717) is 6.42 Å². The molecule has 0 aromatic carbocycles. The van der Waals surface area contributed by atoms with Crippen LogP contribution >= 0.6 is 0 Å². The third kappa shape index (κ3) is 4.59. The van der Waals surface area contributed by atoms with Crippen LogP contribution in [0.5, 0.6) is 0 Å². The Labute approximate surface area is 125 Å². The van der Waals surface area contributed by atoms with Crippen molar-refractivity contribution in [1.29, 1.82) is 0 Å². The summed E-state index contributed by atoms with van der Waals surface area (Å²) >= 11 is 0. The van der Waals surface area contributed by atoms with Crippen LogP contribution in [0.25, 0.3) is 0 Å². The van der Waals surface area contributed by atoms with Crippen molar-refractivity contribution in [2.24, 2.45) is 0 Å². The second-order valence-corrected chi connectivity index (χ2v) is 7.67. The van der Waals surface area contributed by atoms with Crippen LogP contribution in [0.4, 0.5) is 4.79 Å². The van der Waals surface area contributed by atoms with Crippen molar-refractivity contribution in [3.8, 4) is 0 Å². The maximum atomic E-state index is 12.5. The smallest absolute Gasteiger partial charge is 0.323 e. The first-order valence-electron chi connectivity index (χ1n) is 7.17. The van der Waals surface area contributed by atoms with Crippen LogP contribution < -0.4 is 0 Å². The van der Waals surface area contributed by atoms with Crippen molar-refractivity contribution in [2.45, 2.75) is 45.2 Å². The Hall–Kier alpha value is -1.31. The molecular weight excluding hydrogens is 296 g/mol. The Balaban J connectivity index is 2.92. The SMILES string of the molecule is CCC(CC)N(C)C(=O)N(CC(=O)O)C1CCS(=O)(=O)C1. The van der Waals surface area contributed by atoms with Gasteiger partial charge in [-0.2, -0.15) is 0 Å². The van der Waals surface area contributed by atoms with Crippen LogP contribution in [0.3, 0.4) is 0 Å². The molecule has 0 bridgehead atoms. The molecule has 1 saturated heterocycles. The van der Waals surface area contributed by atoms with Crippen molar-refractivity contribution in [1.82, 2.24) is 9.80 Å². The van der Waals surface area contributed by atoms with Crippen molar-refractivity contribution >= 4 is 21.8 Å². The summed E-state index contributed by atoms with van der Waals surface area (Å²) in [6.45, 7) is 3.45. The fourth-order valence-corrected chi connectivity index (χ4v) is 4.45. The summed E-state index contributed by atoms with van der Waals surface area (Å²) in [5.74, 6) is -1.27. The van der Waals surface area contributed by atoms with Gasteiger partial charge in [0.2, 0.25) is 0 Å². The van der Waals surface area contributed by atoms with Gasteiger partial charge in [0.1, 0.15) is 6.54 Å². The highest BCUT2D eigenvalue weighted by atomic mass is 32.2. The number of hydrogen-bond acceptors (Lipinski definition) is 4. The van der Waals surface area contributed by atoms with Crippen molar-refractivity contribution < 1.29 is 23.1 Å². The second kappa shape index (κ2) is 7.11. The molecule has 8 heteroatoms. The summed E-state index contributed by atoms with van der Waals surface area (Å²) in [4.78, 5) is 26.2. The Morgan fingerprint density at radius 1 is 1.29 bits per heavy atom. The molecule has 122 valence electrons. The van der Waals surface area contributed by atoms with E-state index in [1.54, 1.807) is 7.05 Å². The van der Waals surface area contributed by atoms with Crippen LogP contribution in [-0.2, 0) is 14.6 Å². The molecule has 1 aliphatic heterocycles. The molecule has 1 N–H and O–H groups in total. The lowest BCUT2D eigenvalue weighted by Crippen LogP contribution is -2.52. The molecule has 1 unspecified atom stereocenters. The van der Waals surface area contributed by atoms with Gasteiger partial charge in [-0.15, -0.1) is 0 Å². The van der Waals surface area contributed by atoms with Gasteiger partial charge in [-0.25, -0.2) is 13.2 Å². The second-order valence-electron chi connectivity index (χ2n) is 5.44. The molecular formula is C13H24N2O5S. The maximum Gasteiger partial charge on any atom is 0.323 e. The molecule has 1 aliphatic rings. The van der Waals surface area contributed by atoms with Crippen molar-refractivity contribution in [2.75, 3.05) is 25.1 Å². The van der Waals surface area contributed by atoms with Gasteiger partial charge in [0, 0.05) is 19.1 Å². The van der Waals surface area contributed by atoms with Crippen molar-refractivity contribution in [3.63, 3.8) is 0 Å². The normalized spacial score (nSPS) is 20.5. The summed E-state index contributed by atoms with van der Waals surface area (Å²) in [5.41, 5.74) is 0. The van der Waals surface area contributed by atoms with E-state index in [-0.39, 0.29) is 17.5 Å². The molecule has 1 heterocycles. The van der Waals surface area contributed by atoms with Gasteiger partial charge < -0.3 is 14.9 Å². The van der Waals surface area contributed by atoms with Crippen LogP contribution in [0.2, 0.25) is 0 Å². The summed E-state index contributed by atoms with van der Waals surface area (Å²) in [5, 5.41) is 9.00. The number of rotatable bonds is 6. The highest BCUT2D eigenvalue weighted by Gasteiger charge is 2.37. The first kappa shape index (κ1) is 17.7. The lowest BCUT2D eigenvalue weighted by atomic mass is 10.1. The van der Waals surface area contributed by atoms with E-state index in [0.717, 1.165) is 12.8 Å². The van der Waals surface area contributed by atoms with Gasteiger partial charge >= 0.3 is 12.0 Å². The number of carbonyl (C=O) groups is 2. The average Bonchev–Trinajstić information content (AvgIpc) is 2.76. The van der Waals surface area contributed by atoms with E-state index < -0.39 is 34.4 Å². The van der Waals surface area contributed by atoms with Crippen LogP contribution in [-0.4, -0.2) is 72.5 Å². The molecule has 0 aliphatic carbocycles. The Kier molecular flexibility index (Phi) is 6.00. The minimum absolute atomic E-state index is 0.00969. The van der Waals surface area contributed by atoms with Gasteiger partial charge in [-0.3, -0.25) is 4.79 Å². The lowest BCUT2D eigenvalue weighted by Gasteiger charge is -2.34. The Morgan fingerprint density at radius 2 is 1.86 bits per heavy atom. The zero-order chi connectivity index (χ0) is 16.2. The van der Waals surface area contributed by atoms with E-state index in [4.69, 9.17) is 5.11 Å². The summed E-state index contributed by atoms with van der Waals surface area (Å²) in [6, 6.07) is -0.935. The Bertz CT molecular complexity index is 487. The van der Waals surface area contributed by atoms with Crippen LogP contribution in [0.1, 0.15) is 33.1 Å². The molecule has 0 radical (unpaired) electrons. The standard InChI is InChI=1S/C13H24N2O5S/c1-4-10(5-2)14(3)13(18)15(8-12(16)17)11-6-7-21(19,20)9-11/h10-11H,4-9H2,1-3H3,(H,16,17). The van der Waals surface area contributed by atoms with Crippen LogP contribution in [0.15, 0.2) is 0 Å². The molecule has 1 atom stereocenters. The monoisotopic (exact) mass is 320 g/mol. The maximum absolute atomic E-state index is 12.5. The summed E-state index contributed by atoms with van der Waals surface area (Å²) in [7, 11) is -1.54. The molecule has 1 rings (SSSR count). The predicted octanol–water partition coefficient (Wildman–Crippen LogP) is 0.801. The molecule has 0 aromatic rings. The fraction of sp³-hybridized carbons (Fsp3) is 0.846. The van der Waals surface area contributed by atoms with E-state index in [9.17, 15) is 18.0 Å². The lowest BCUT2D eigenvalue weighted by molar-refractivity contribution is -0.138. The van der Waals surface area contributed by atoms with Crippen LogP contribution in [0, 0.1) is 0 Å². The summed E-state index contributed by atoms with van der Waals surface area (Å²) < 4.78 is 23.1. The quantitative estimate of drug-likeness (QED) is 0.781. The highest BCUT2D eigenvalue weighted by molar-refractivity contribution is 7.91. The largest absolute Gasteiger partial charge is 0.480 e. The number of carboxylic acids is 1. The Morgan fingerprint density at radius 3 is 2.24 bits per heavy atom. The van der Waals surface area contributed by atoms with Gasteiger partial charge in [0.25, 0.3) is 0 Å². The number of hydrogen-bond donors (Lipinski definition) is 1. The number of aliphatic carboxylic acids is 1. The van der Waals surface area contributed by atoms with Crippen molar-refractivity contribution in [3.05, 3.63) is 0 Å². The highest BCUT2D eigenvalue weighted by Crippen LogP contribution is 2.20. The number of carbonyl (C=O) groups excluding carboxylic acids is 1. The molecule has 21 heavy (non-hydrogen) atoms. The van der Waals surface area contributed by atoms with E-state index in [1.807, 2.05) is 13.8 Å². The zero-order valence-electron chi connectivity index (χ0n) is 12.8. The topological polar surface area (TPSA) is 95.0 Å². The summed E-state index contributed by atoms with van der Waals surface area (Å²) in [6.07, 6.45) is 1.84. The molecule has 7 nitrogen and oxygen atoms in total. The van der Waals surface area contributed by atoms with E-state index >= 15 is 0 Å². The van der Waals surface area contributed by atoms with Gasteiger partial charge in [-0.1, -0.05) is 13.8 Å². The molecule has 0 spiro atoms. The number of urea groups is 1. The van der Waals surface area contributed by atoms with Gasteiger partial charge in [0.15, 0.2) is 9.84 Å².